The lowest BCUT2D eigenvalue weighted by atomic mass is 9.96. The summed E-state index contributed by atoms with van der Waals surface area (Å²) >= 11 is 0. The van der Waals surface area contributed by atoms with Gasteiger partial charge in [0.15, 0.2) is 0 Å². The van der Waals surface area contributed by atoms with Crippen molar-refractivity contribution in [3.8, 4) is 0 Å². The van der Waals surface area contributed by atoms with Gasteiger partial charge >= 0.3 is 5.97 Å². The number of aromatic carboxylic acids is 1. The Labute approximate surface area is 156 Å². The summed E-state index contributed by atoms with van der Waals surface area (Å²) in [6.07, 6.45) is 5.39. The zero-order valence-electron chi connectivity index (χ0n) is 14.3. The van der Waals surface area contributed by atoms with Gasteiger partial charge in [-0.15, -0.1) is 4.40 Å². The average Bonchev–Trinajstić information content (AvgIpc) is 2.65. The predicted molar refractivity (Wildman–Crippen MR) is 97.7 cm³/mol. The second-order valence-electron chi connectivity index (χ2n) is 6.61. The molecule has 0 bridgehead atoms. The fraction of sp³-hybridized carbons (Fsp3) is 0.278. The zero-order valence-corrected chi connectivity index (χ0v) is 15.1. The Balaban J connectivity index is 1.55. The van der Waals surface area contributed by atoms with E-state index in [1.54, 1.807) is 40.3 Å². The molecule has 3 heterocycles. The molecule has 0 saturated carbocycles. The number of hydrogen-bond donors (Lipinski definition) is 1. The first-order valence-corrected chi connectivity index (χ1v) is 10.1. The van der Waals surface area contributed by atoms with Crippen molar-refractivity contribution in [2.24, 2.45) is 4.40 Å². The molecule has 1 aromatic rings. The van der Waals surface area contributed by atoms with Crippen molar-refractivity contribution in [2.45, 2.75) is 13.0 Å². The molecule has 4 rings (SSSR count). The predicted octanol–water partition coefficient (Wildman–Crippen LogP) is 0.767. The number of nitrogens with zero attached hydrogens (tertiary/aromatic N) is 3. The Hall–Kier alpha value is -2.94. The molecule has 0 atom stereocenters. The highest BCUT2D eigenvalue weighted by molar-refractivity contribution is 7.90. The van der Waals surface area contributed by atoms with Crippen molar-refractivity contribution in [1.82, 2.24) is 9.80 Å². The van der Waals surface area contributed by atoms with Crippen LogP contribution >= 0.6 is 0 Å². The highest BCUT2D eigenvalue weighted by Gasteiger charge is 2.28. The molecule has 0 aromatic heterocycles. The van der Waals surface area contributed by atoms with Gasteiger partial charge in [0.25, 0.3) is 15.9 Å². The molecule has 0 fully saturated rings. The van der Waals surface area contributed by atoms with E-state index in [2.05, 4.69) is 4.40 Å². The van der Waals surface area contributed by atoms with Crippen LogP contribution in [0.1, 0.15) is 21.5 Å². The van der Waals surface area contributed by atoms with Crippen LogP contribution in [0, 0.1) is 0 Å². The molecule has 0 aliphatic carbocycles. The lowest BCUT2D eigenvalue weighted by Gasteiger charge is -2.32. The number of hydrogen-bond acceptors (Lipinski definition) is 5. The minimum absolute atomic E-state index is 0.0859. The molecule has 1 amide bonds. The molecule has 0 radical (unpaired) electrons. The summed E-state index contributed by atoms with van der Waals surface area (Å²) in [5.41, 5.74) is 2.54. The molecule has 3 aliphatic rings. The van der Waals surface area contributed by atoms with E-state index < -0.39 is 16.0 Å². The first-order chi connectivity index (χ1) is 12.8. The van der Waals surface area contributed by atoms with E-state index in [1.165, 1.54) is 6.08 Å². The van der Waals surface area contributed by atoms with Crippen LogP contribution in [-0.4, -0.2) is 59.9 Å². The monoisotopic (exact) mass is 387 g/mol. The average molecular weight is 387 g/mol. The fourth-order valence-corrected chi connectivity index (χ4v) is 4.34. The third-order valence-electron chi connectivity index (χ3n) is 4.82. The number of carboxylic acids is 1. The van der Waals surface area contributed by atoms with Gasteiger partial charge in [-0.1, -0.05) is 6.07 Å². The molecular weight excluding hydrogens is 370 g/mol. The maximum absolute atomic E-state index is 12.9. The summed E-state index contributed by atoms with van der Waals surface area (Å²) in [4.78, 5) is 27.4. The first kappa shape index (κ1) is 17.5. The van der Waals surface area contributed by atoms with Crippen molar-refractivity contribution in [2.75, 3.05) is 18.8 Å². The summed E-state index contributed by atoms with van der Waals surface area (Å²) in [6, 6.07) is 5.00. The molecular formula is C18H17N3O5S. The van der Waals surface area contributed by atoms with Crippen LogP contribution in [0.5, 0.6) is 0 Å². The summed E-state index contributed by atoms with van der Waals surface area (Å²) < 4.78 is 26.9. The SMILES string of the molecule is O=C(O)c1ccc2c(c1)CN(C(=O)C1=CN3CCS(=O)(=O)N=C3C=C1)CC2. The minimum atomic E-state index is -3.43. The number of rotatable bonds is 2. The van der Waals surface area contributed by atoms with Gasteiger partial charge in [-0.25, -0.2) is 13.2 Å². The Morgan fingerprint density at radius 3 is 2.70 bits per heavy atom. The van der Waals surface area contributed by atoms with Gasteiger partial charge in [-0.3, -0.25) is 4.79 Å². The van der Waals surface area contributed by atoms with Crippen molar-refractivity contribution < 1.29 is 23.1 Å². The minimum Gasteiger partial charge on any atom is -0.478 e. The smallest absolute Gasteiger partial charge is 0.335 e. The molecule has 8 nitrogen and oxygen atoms in total. The molecule has 1 N–H and O–H groups in total. The number of carbonyl (C=O) groups excluding carboxylic acids is 1. The second kappa shape index (κ2) is 6.34. The summed E-state index contributed by atoms with van der Waals surface area (Å²) in [5.74, 6) is -0.943. The van der Waals surface area contributed by atoms with E-state index in [-0.39, 0.29) is 23.8 Å². The van der Waals surface area contributed by atoms with Gasteiger partial charge < -0.3 is 14.9 Å². The molecule has 1 aromatic carbocycles. The molecule has 0 spiro atoms. The molecule has 27 heavy (non-hydrogen) atoms. The van der Waals surface area contributed by atoms with Gasteiger partial charge in [0.1, 0.15) is 5.84 Å². The van der Waals surface area contributed by atoms with E-state index >= 15 is 0 Å². The van der Waals surface area contributed by atoms with Crippen LogP contribution in [-0.2, 0) is 27.8 Å². The normalized spacial score (nSPS) is 20.3. The van der Waals surface area contributed by atoms with E-state index in [4.69, 9.17) is 5.11 Å². The van der Waals surface area contributed by atoms with Crippen LogP contribution < -0.4 is 0 Å². The summed E-state index contributed by atoms with van der Waals surface area (Å²) in [7, 11) is -3.43. The third kappa shape index (κ3) is 3.37. The third-order valence-corrected chi connectivity index (χ3v) is 5.99. The molecule has 0 saturated heterocycles. The molecule has 0 unspecified atom stereocenters. The summed E-state index contributed by atoms with van der Waals surface area (Å²) in [6.45, 7) is 1.14. The largest absolute Gasteiger partial charge is 0.478 e. The molecule has 9 heteroatoms. The van der Waals surface area contributed by atoms with Crippen LogP contribution in [0.15, 0.2) is 46.5 Å². The highest BCUT2D eigenvalue weighted by atomic mass is 32.2. The lowest BCUT2D eigenvalue weighted by molar-refractivity contribution is -0.127. The van der Waals surface area contributed by atoms with Gasteiger partial charge in [-0.2, -0.15) is 0 Å². The van der Waals surface area contributed by atoms with Crippen LogP contribution in [0.4, 0.5) is 0 Å². The van der Waals surface area contributed by atoms with Crippen LogP contribution in [0.3, 0.4) is 0 Å². The van der Waals surface area contributed by atoms with Crippen molar-refractivity contribution in [1.29, 1.82) is 0 Å². The fourth-order valence-electron chi connectivity index (χ4n) is 3.37. The Morgan fingerprint density at radius 1 is 1.11 bits per heavy atom. The number of amides is 1. The van der Waals surface area contributed by atoms with Gasteiger partial charge in [0, 0.05) is 25.8 Å². The maximum atomic E-state index is 12.9. The van der Waals surface area contributed by atoms with Crippen molar-refractivity contribution in [3.63, 3.8) is 0 Å². The number of carbonyl (C=O) groups is 2. The van der Waals surface area contributed by atoms with Crippen LogP contribution in [0.25, 0.3) is 0 Å². The maximum Gasteiger partial charge on any atom is 0.335 e. The number of benzene rings is 1. The van der Waals surface area contributed by atoms with Gasteiger partial charge in [0.2, 0.25) is 0 Å². The number of amidine groups is 1. The van der Waals surface area contributed by atoms with E-state index in [0.717, 1.165) is 11.1 Å². The van der Waals surface area contributed by atoms with E-state index in [1.807, 2.05) is 0 Å². The van der Waals surface area contributed by atoms with E-state index in [0.29, 0.717) is 30.9 Å². The quantitative estimate of drug-likeness (QED) is 0.803. The second-order valence-corrected chi connectivity index (χ2v) is 8.37. The zero-order chi connectivity index (χ0) is 19.2. The molecule has 140 valence electrons. The van der Waals surface area contributed by atoms with Crippen LogP contribution in [0.2, 0.25) is 0 Å². The van der Waals surface area contributed by atoms with Crippen molar-refractivity contribution >= 4 is 27.7 Å². The Morgan fingerprint density at radius 2 is 1.93 bits per heavy atom. The van der Waals surface area contributed by atoms with Gasteiger partial charge in [0.05, 0.1) is 16.9 Å². The number of fused-ring (bicyclic) bond motifs is 2. The summed E-state index contributed by atoms with van der Waals surface area (Å²) in [5, 5.41) is 9.15. The number of sulfonamides is 1. The Bertz CT molecular complexity index is 1040. The number of carboxylic acid groups (broad SMARTS) is 1. The topological polar surface area (TPSA) is 107 Å². The van der Waals surface area contributed by atoms with Gasteiger partial charge in [-0.05, 0) is 41.8 Å². The molecule has 3 aliphatic heterocycles. The lowest BCUT2D eigenvalue weighted by Crippen LogP contribution is -2.40. The highest BCUT2D eigenvalue weighted by Crippen LogP contribution is 2.23. The first-order valence-electron chi connectivity index (χ1n) is 8.46. The van der Waals surface area contributed by atoms with Crippen molar-refractivity contribution in [3.05, 3.63) is 58.8 Å². The van der Waals surface area contributed by atoms with E-state index in [9.17, 15) is 18.0 Å². The standard InChI is InChI=1S/C18H17N3O5S/c22-17(14-3-4-16-19-27(25,26)8-7-20(16)10-14)21-6-5-12-1-2-13(18(23)24)9-15(12)11-21/h1-4,9-10H,5-8,11H2,(H,23,24). The Kier molecular flexibility index (Phi) is 4.11.